The summed E-state index contributed by atoms with van der Waals surface area (Å²) in [6.07, 6.45) is -5.55. The van der Waals surface area contributed by atoms with Crippen molar-refractivity contribution < 1.29 is 56.2 Å². The van der Waals surface area contributed by atoms with Crippen molar-refractivity contribution in [2.45, 2.75) is 31.9 Å². The molecule has 1 atom stereocenters. The highest BCUT2D eigenvalue weighted by Gasteiger charge is 2.41. The number of nitrogens with zero attached hydrogens (tertiary/aromatic N) is 4. The third-order valence-electron chi connectivity index (χ3n) is 6.13. The molecule has 1 amide bonds. The molecule has 222 valence electrons. The maximum atomic E-state index is 13.4. The summed E-state index contributed by atoms with van der Waals surface area (Å²) in [6.45, 7) is -0.784. The van der Waals surface area contributed by atoms with Crippen molar-refractivity contribution >= 4 is 42.2 Å². The molecule has 2 aromatic heterocycles. The molecule has 41 heavy (non-hydrogen) atoms. The van der Waals surface area contributed by atoms with Crippen LogP contribution in [-0.2, 0) is 32.4 Å². The second-order valence-corrected chi connectivity index (χ2v) is 10.3. The molecule has 2 heterocycles. The first-order chi connectivity index (χ1) is 19.1. The number of hydrogen-bond donors (Lipinski definition) is 4. The van der Waals surface area contributed by atoms with E-state index in [-0.39, 0.29) is 45.1 Å². The largest absolute Gasteiger partial charge is 0.496 e. The molecule has 1 aliphatic carbocycles. The summed E-state index contributed by atoms with van der Waals surface area (Å²) in [7, 11) is -1.30. The summed E-state index contributed by atoms with van der Waals surface area (Å²) >= 11 is 0. The first-order valence-electron chi connectivity index (χ1n) is 11.8. The monoisotopic (exact) mass is 603 g/mol. The fraction of sp³-hybridized carbons (Fsp3) is 0.391. The number of carbonyl (C=O) groups excluding carboxylic acids is 2. The molecule has 0 spiro atoms. The molecule has 0 aliphatic heterocycles. The Hall–Kier alpha value is -3.76. The number of methoxy groups -OCH3 is 2. The summed E-state index contributed by atoms with van der Waals surface area (Å²) in [5.41, 5.74) is -0.583. The lowest BCUT2D eigenvalue weighted by molar-refractivity contribution is -0.207. The molecule has 0 bridgehead atoms. The molecule has 0 unspecified atom stereocenters. The molecule has 3 aromatic rings. The number of fused-ring (bicyclic) bond motifs is 1. The molecule has 4 rings (SSSR count). The van der Waals surface area contributed by atoms with Gasteiger partial charge in [0.05, 0.1) is 30.5 Å². The number of benzene rings is 1. The van der Waals surface area contributed by atoms with Gasteiger partial charge >= 0.3 is 20.0 Å². The Bertz CT molecular complexity index is 1630. The highest BCUT2D eigenvalue weighted by Crippen LogP contribution is 2.43. The lowest BCUT2D eigenvalue weighted by atomic mass is 10.0. The van der Waals surface area contributed by atoms with E-state index in [1.807, 2.05) is 0 Å². The Morgan fingerprint density at radius 1 is 1.27 bits per heavy atom. The molecule has 18 heteroatoms. The summed E-state index contributed by atoms with van der Waals surface area (Å²) in [5, 5.41) is 16.6. The van der Waals surface area contributed by atoms with E-state index in [2.05, 4.69) is 19.9 Å². The van der Waals surface area contributed by atoms with E-state index >= 15 is 0 Å². The van der Waals surface area contributed by atoms with Gasteiger partial charge in [-0.3, -0.25) is 14.0 Å². The number of hydrogen-bond acceptors (Lipinski definition) is 9. The average Bonchev–Trinajstić information content (AvgIpc) is 3.70. The smallest absolute Gasteiger partial charge is 0.471 e. The van der Waals surface area contributed by atoms with Crippen molar-refractivity contribution in [2.24, 2.45) is 18.0 Å². The Kier molecular flexibility index (Phi) is 8.29. The summed E-state index contributed by atoms with van der Waals surface area (Å²) < 4.78 is 68.4. The molecular weight excluding hydrogens is 578 g/mol. The number of esters is 1. The quantitative estimate of drug-likeness (QED) is 0.209. The zero-order chi connectivity index (χ0) is 30.3. The van der Waals surface area contributed by atoms with E-state index in [4.69, 9.17) is 19.3 Å². The maximum absolute atomic E-state index is 13.4. The van der Waals surface area contributed by atoms with Crippen LogP contribution in [0.3, 0.4) is 0 Å². The number of halogens is 3. The second-order valence-electron chi connectivity index (χ2n) is 9.02. The molecule has 0 saturated heterocycles. The SMILES string of the molecule is COC(=O)c1cn(COP(=O)(O)O)c(NC(=O)C2CC2)cc1=Nc1nn(C)c2ccc([C@H](O)C(F)(F)F)c(OC)c12. The number of pyridine rings is 1. The summed E-state index contributed by atoms with van der Waals surface area (Å²) in [4.78, 5) is 47.9. The number of aliphatic hydroxyl groups excluding tert-OH is 1. The molecule has 0 radical (unpaired) electrons. The first-order valence-corrected chi connectivity index (χ1v) is 13.3. The topological polar surface area (TPSA) is 187 Å². The van der Waals surface area contributed by atoms with Gasteiger partial charge in [-0.15, -0.1) is 0 Å². The third-order valence-corrected chi connectivity index (χ3v) is 6.58. The van der Waals surface area contributed by atoms with E-state index in [1.165, 1.54) is 23.9 Å². The zero-order valence-corrected chi connectivity index (χ0v) is 22.6. The van der Waals surface area contributed by atoms with Gasteiger partial charge in [-0.05, 0) is 18.9 Å². The van der Waals surface area contributed by atoms with Crippen LogP contribution in [0.5, 0.6) is 5.75 Å². The number of phosphoric ester groups is 1. The van der Waals surface area contributed by atoms with Crippen LogP contribution < -0.4 is 15.4 Å². The number of nitrogens with one attached hydrogen (secondary N) is 1. The molecule has 1 aromatic carbocycles. The van der Waals surface area contributed by atoms with Crippen LogP contribution in [0.2, 0.25) is 0 Å². The van der Waals surface area contributed by atoms with Crippen molar-refractivity contribution in [2.75, 3.05) is 19.5 Å². The van der Waals surface area contributed by atoms with E-state index in [1.54, 1.807) is 0 Å². The van der Waals surface area contributed by atoms with Gasteiger partial charge in [0.25, 0.3) is 0 Å². The fourth-order valence-corrected chi connectivity index (χ4v) is 4.27. The van der Waals surface area contributed by atoms with Crippen molar-refractivity contribution in [3.05, 3.63) is 40.9 Å². The highest BCUT2D eigenvalue weighted by atomic mass is 31.2. The molecule has 1 fully saturated rings. The molecule has 1 saturated carbocycles. The third kappa shape index (κ3) is 6.60. The number of rotatable bonds is 9. The normalized spacial score (nSPS) is 15.2. The number of anilines is 1. The van der Waals surface area contributed by atoms with Gasteiger partial charge in [-0.2, -0.15) is 18.3 Å². The number of ether oxygens (including phenoxy) is 2. The van der Waals surface area contributed by atoms with Gasteiger partial charge in [-0.25, -0.2) is 14.4 Å². The van der Waals surface area contributed by atoms with Crippen molar-refractivity contribution in [1.82, 2.24) is 14.3 Å². The van der Waals surface area contributed by atoms with Crippen LogP contribution in [-0.4, -0.2) is 61.5 Å². The number of alkyl halides is 3. The van der Waals surface area contributed by atoms with Crippen molar-refractivity contribution in [3.63, 3.8) is 0 Å². The molecule has 1 aliphatic rings. The van der Waals surface area contributed by atoms with Crippen molar-refractivity contribution in [1.29, 1.82) is 0 Å². The average molecular weight is 603 g/mol. The van der Waals surface area contributed by atoms with Gasteiger partial charge in [0.2, 0.25) is 5.91 Å². The number of aryl methyl sites for hydroxylation is 1. The highest BCUT2D eigenvalue weighted by molar-refractivity contribution is 7.46. The minimum absolute atomic E-state index is 0.0169. The van der Waals surface area contributed by atoms with Gasteiger partial charge in [-0.1, -0.05) is 6.07 Å². The minimum Gasteiger partial charge on any atom is -0.496 e. The number of amides is 1. The minimum atomic E-state index is -5.00. The Labute approximate surface area is 229 Å². The first kappa shape index (κ1) is 30.2. The van der Waals surface area contributed by atoms with E-state index in [0.717, 1.165) is 31.0 Å². The second kappa shape index (κ2) is 11.3. The molecule has 14 nitrogen and oxygen atoms in total. The van der Waals surface area contributed by atoms with Crippen LogP contribution in [0.1, 0.15) is 34.9 Å². The van der Waals surface area contributed by atoms with E-state index < -0.39 is 44.3 Å². The number of aliphatic hydroxyl groups is 1. The predicted octanol–water partition coefficient (Wildman–Crippen LogP) is 2.41. The number of carbonyl (C=O) groups is 2. The lowest BCUT2D eigenvalue weighted by Gasteiger charge is -2.18. The lowest BCUT2D eigenvalue weighted by Crippen LogP contribution is -2.25. The van der Waals surface area contributed by atoms with Crippen LogP contribution in [0, 0.1) is 5.92 Å². The van der Waals surface area contributed by atoms with Gasteiger partial charge < -0.3 is 34.3 Å². The standard InChI is InChI=1S/C23H25F3N5O9P/c1-30-15-7-6-12(19(32)23(24,25)26)18(38-2)17(15)20(29-30)27-14-8-16(28-21(33)11-4-5-11)31(10-40-41(35,36)37)9-13(14)22(34)39-3/h6-9,11,19,32H,4-5,10H2,1-3H3,(H,28,33)(H2,35,36,37)/t19-/m0/s1. The summed E-state index contributed by atoms with van der Waals surface area (Å²) in [5.74, 6) is -2.26. The van der Waals surface area contributed by atoms with Crippen LogP contribution in [0.25, 0.3) is 10.9 Å². The van der Waals surface area contributed by atoms with E-state index in [9.17, 15) is 32.4 Å². The molecule has 4 N–H and O–H groups in total. The van der Waals surface area contributed by atoms with Crippen LogP contribution >= 0.6 is 7.82 Å². The fourth-order valence-electron chi connectivity index (χ4n) is 3.99. The molecular formula is C23H25F3N5O9P. The number of phosphoric acid groups is 1. The van der Waals surface area contributed by atoms with Gasteiger partial charge in [0.1, 0.15) is 23.9 Å². The Morgan fingerprint density at radius 3 is 2.51 bits per heavy atom. The zero-order valence-electron chi connectivity index (χ0n) is 21.7. The Balaban J connectivity index is 1.97. The Morgan fingerprint density at radius 2 is 1.95 bits per heavy atom. The summed E-state index contributed by atoms with van der Waals surface area (Å²) in [6, 6.07) is 3.52. The van der Waals surface area contributed by atoms with Crippen molar-refractivity contribution in [3.8, 4) is 5.75 Å². The van der Waals surface area contributed by atoms with Crippen LogP contribution in [0.4, 0.5) is 24.8 Å². The number of aromatic nitrogens is 3. The van der Waals surface area contributed by atoms with Crippen LogP contribution in [0.15, 0.2) is 29.4 Å². The van der Waals surface area contributed by atoms with Gasteiger partial charge in [0.15, 0.2) is 11.9 Å². The van der Waals surface area contributed by atoms with Gasteiger partial charge in [0, 0.05) is 30.8 Å². The van der Waals surface area contributed by atoms with E-state index in [0.29, 0.717) is 12.8 Å². The maximum Gasteiger partial charge on any atom is 0.471 e. The predicted molar refractivity (Wildman–Crippen MR) is 134 cm³/mol.